The molecule has 0 N–H and O–H groups in total. The average Bonchev–Trinajstić information content (AvgIpc) is 2.83. The molecule has 1 aromatic heterocycles. The van der Waals surface area contributed by atoms with Crippen molar-refractivity contribution < 1.29 is 13.6 Å². The quantitative estimate of drug-likeness (QED) is 0.403. The summed E-state index contributed by atoms with van der Waals surface area (Å²) < 4.78 is 20.3. The highest BCUT2D eigenvalue weighted by Gasteiger charge is 2.17. The average molecular weight is 445 g/mol. The third kappa shape index (κ3) is 2.52. The van der Waals surface area contributed by atoms with Crippen LogP contribution in [0.5, 0.6) is 0 Å². The molecule has 0 unspecified atom stereocenters. The van der Waals surface area contributed by atoms with Crippen LogP contribution in [0.2, 0.25) is 0 Å². The number of hydrogen-bond acceptors (Lipinski definition) is 2. The summed E-state index contributed by atoms with van der Waals surface area (Å²) in [5.74, 6) is -0.358. The smallest absolute Gasteiger partial charge is 0.229 e. The summed E-state index contributed by atoms with van der Waals surface area (Å²) in [5.41, 5.74) is 1.05. The fraction of sp³-hybridized carbons (Fsp3) is 0. The first-order chi connectivity index (χ1) is 9.54. The number of halogens is 3. The van der Waals surface area contributed by atoms with Crippen LogP contribution in [-0.2, 0) is 0 Å². The molecule has 0 spiro atoms. The van der Waals surface area contributed by atoms with Crippen molar-refractivity contribution in [2.45, 2.75) is 0 Å². The molecule has 0 saturated carbocycles. The van der Waals surface area contributed by atoms with E-state index >= 15 is 0 Å². The summed E-state index contributed by atoms with van der Waals surface area (Å²) >= 11 is 5.45. The zero-order chi connectivity index (χ0) is 14.3. The molecule has 3 rings (SSSR count). The number of fused-ring (bicyclic) bond motifs is 1. The van der Waals surface area contributed by atoms with Gasteiger partial charge < -0.3 is 4.42 Å². The number of hydrogen-bond donors (Lipinski definition) is 0. The van der Waals surface area contributed by atoms with Crippen LogP contribution in [0.25, 0.3) is 11.0 Å². The predicted octanol–water partition coefficient (Wildman–Crippen LogP) is 5.17. The standard InChI is InChI=1S/C15H7BrFIO2/c16-9-1-3-12(18)11(7-9)15(19)14-6-8-5-10(17)2-4-13(8)20-14/h1-7H. The molecule has 0 saturated heterocycles. The van der Waals surface area contributed by atoms with Gasteiger partial charge in [0.25, 0.3) is 0 Å². The van der Waals surface area contributed by atoms with E-state index in [0.717, 1.165) is 8.04 Å². The first kappa shape index (κ1) is 13.8. The monoisotopic (exact) mass is 444 g/mol. The molecule has 0 radical (unpaired) electrons. The lowest BCUT2D eigenvalue weighted by Gasteiger charge is -2.01. The number of benzene rings is 2. The molecule has 0 aliphatic rings. The van der Waals surface area contributed by atoms with Crippen LogP contribution in [0.3, 0.4) is 0 Å². The topological polar surface area (TPSA) is 30.2 Å². The Bertz CT molecular complexity index is 826. The van der Waals surface area contributed by atoms with Gasteiger partial charge in [0.15, 0.2) is 5.76 Å². The van der Waals surface area contributed by atoms with Gasteiger partial charge in [0.1, 0.15) is 11.4 Å². The second-order valence-electron chi connectivity index (χ2n) is 4.25. The van der Waals surface area contributed by atoms with E-state index in [9.17, 15) is 9.18 Å². The van der Waals surface area contributed by atoms with Crippen LogP contribution >= 0.6 is 38.5 Å². The van der Waals surface area contributed by atoms with E-state index in [1.165, 1.54) is 18.2 Å². The minimum atomic E-state index is -0.352. The van der Waals surface area contributed by atoms with Gasteiger partial charge in [0.2, 0.25) is 5.78 Å². The van der Waals surface area contributed by atoms with Crippen molar-refractivity contribution in [3.8, 4) is 0 Å². The normalized spacial score (nSPS) is 10.9. The van der Waals surface area contributed by atoms with Crippen molar-refractivity contribution in [2.75, 3.05) is 0 Å². The van der Waals surface area contributed by atoms with Crippen LogP contribution < -0.4 is 0 Å². The van der Waals surface area contributed by atoms with E-state index in [1.54, 1.807) is 12.1 Å². The lowest BCUT2D eigenvalue weighted by molar-refractivity contribution is 0.101. The Morgan fingerprint density at radius 3 is 2.75 bits per heavy atom. The molecule has 3 aromatic rings. The molecule has 0 aliphatic carbocycles. The lowest BCUT2D eigenvalue weighted by Crippen LogP contribution is -2.02. The van der Waals surface area contributed by atoms with E-state index in [-0.39, 0.29) is 17.4 Å². The molecule has 0 atom stereocenters. The van der Waals surface area contributed by atoms with Crippen molar-refractivity contribution in [3.05, 3.63) is 67.6 Å². The maximum atomic E-state index is 13.2. The first-order valence-electron chi connectivity index (χ1n) is 5.73. The lowest BCUT2D eigenvalue weighted by atomic mass is 10.1. The first-order valence-corrected chi connectivity index (χ1v) is 7.60. The second kappa shape index (κ2) is 5.29. The van der Waals surface area contributed by atoms with Gasteiger partial charge in [-0.2, -0.15) is 0 Å². The molecule has 2 nitrogen and oxygen atoms in total. The van der Waals surface area contributed by atoms with Gasteiger partial charge >= 0.3 is 0 Å². The zero-order valence-corrected chi connectivity index (χ0v) is 13.7. The summed E-state index contributed by atoms with van der Waals surface area (Å²) in [4.78, 5) is 12.5. The number of carbonyl (C=O) groups is 1. The Balaban J connectivity index is 2.10. The molecule has 1 heterocycles. The third-order valence-corrected chi connectivity index (χ3v) is 4.31. The maximum absolute atomic E-state index is 13.2. The molecule has 2 aromatic carbocycles. The fourth-order valence-corrected chi connectivity index (χ4v) is 2.87. The van der Waals surface area contributed by atoms with Crippen LogP contribution in [-0.4, -0.2) is 5.78 Å². The molecule has 5 heteroatoms. The van der Waals surface area contributed by atoms with Gasteiger partial charge in [-0.05, 0) is 65.1 Å². The van der Waals surface area contributed by atoms with Crippen LogP contribution in [0.15, 0.2) is 51.4 Å². The van der Waals surface area contributed by atoms with Gasteiger partial charge in [-0.1, -0.05) is 15.9 Å². The molecule has 0 fully saturated rings. The SMILES string of the molecule is O=C(c1cc2cc(F)ccc2o1)c1cc(Br)ccc1I. The third-order valence-electron chi connectivity index (χ3n) is 2.88. The molecule has 20 heavy (non-hydrogen) atoms. The number of carbonyl (C=O) groups excluding carboxylic acids is 1. The highest BCUT2D eigenvalue weighted by molar-refractivity contribution is 14.1. The van der Waals surface area contributed by atoms with E-state index < -0.39 is 0 Å². The highest BCUT2D eigenvalue weighted by atomic mass is 127. The second-order valence-corrected chi connectivity index (χ2v) is 6.32. The van der Waals surface area contributed by atoms with E-state index in [0.29, 0.717) is 16.5 Å². The van der Waals surface area contributed by atoms with Crippen molar-refractivity contribution in [1.82, 2.24) is 0 Å². The molecular formula is C15H7BrFIO2. The van der Waals surface area contributed by atoms with Crippen LogP contribution in [0.4, 0.5) is 4.39 Å². The van der Waals surface area contributed by atoms with Gasteiger partial charge in [-0.15, -0.1) is 0 Å². The predicted molar refractivity (Wildman–Crippen MR) is 86.5 cm³/mol. The summed E-state index contributed by atoms with van der Waals surface area (Å²) in [6.45, 7) is 0. The van der Waals surface area contributed by atoms with Crippen molar-refractivity contribution in [3.63, 3.8) is 0 Å². The number of rotatable bonds is 2. The summed E-state index contributed by atoms with van der Waals surface area (Å²) in [7, 11) is 0. The molecule has 100 valence electrons. The Kier molecular flexibility index (Phi) is 3.64. The summed E-state index contributed by atoms with van der Waals surface area (Å²) in [5, 5.41) is 0.582. The van der Waals surface area contributed by atoms with Crippen molar-refractivity contribution in [1.29, 1.82) is 0 Å². The van der Waals surface area contributed by atoms with E-state index in [4.69, 9.17) is 4.42 Å². The van der Waals surface area contributed by atoms with Gasteiger partial charge in [0.05, 0.1) is 0 Å². The fourth-order valence-electron chi connectivity index (χ4n) is 1.93. The highest BCUT2D eigenvalue weighted by Crippen LogP contribution is 2.25. The van der Waals surface area contributed by atoms with Crippen LogP contribution in [0, 0.1) is 9.39 Å². The van der Waals surface area contributed by atoms with E-state index in [2.05, 4.69) is 38.5 Å². The number of ketones is 1. The minimum Gasteiger partial charge on any atom is -0.453 e. The van der Waals surface area contributed by atoms with E-state index in [1.807, 2.05) is 12.1 Å². The molecule has 0 aliphatic heterocycles. The summed E-state index contributed by atoms with van der Waals surface area (Å²) in [6, 6.07) is 11.2. The molecular weight excluding hydrogens is 438 g/mol. The van der Waals surface area contributed by atoms with Crippen molar-refractivity contribution >= 4 is 55.3 Å². The Labute approximate surface area is 136 Å². The maximum Gasteiger partial charge on any atom is 0.229 e. The zero-order valence-electron chi connectivity index (χ0n) is 9.99. The van der Waals surface area contributed by atoms with Crippen molar-refractivity contribution in [2.24, 2.45) is 0 Å². The number of furan rings is 1. The Hall–Kier alpha value is -1.21. The molecule has 0 bridgehead atoms. The van der Waals surface area contributed by atoms with Gasteiger partial charge in [-0.3, -0.25) is 4.79 Å². The Morgan fingerprint density at radius 1 is 1.15 bits per heavy atom. The Morgan fingerprint density at radius 2 is 1.95 bits per heavy atom. The van der Waals surface area contributed by atoms with Gasteiger partial charge in [-0.25, -0.2) is 4.39 Å². The molecule has 0 amide bonds. The van der Waals surface area contributed by atoms with Crippen LogP contribution in [0.1, 0.15) is 16.1 Å². The van der Waals surface area contributed by atoms with Gasteiger partial charge in [0, 0.05) is 19.0 Å². The summed E-state index contributed by atoms with van der Waals surface area (Å²) in [6.07, 6.45) is 0. The minimum absolute atomic E-state index is 0.210. The largest absolute Gasteiger partial charge is 0.453 e.